The summed E-state index contributed by atoms with van der Waals surface area (Å²) >= 11 is 0. The third kappa shape index (κ3) is 3.15. The van der Waals surface area contributed by atoms with Crippen molar-refractivity contribution in [3.8, 4) is 0 Å². The van der Waals surface area contributed by atoms with Crippen LogP contribution in [0.4, 0.5) is 11.4 Å². The summed E-state index contributed by atoms with van der Waals surface area (Å²) < 4.78 is 0. The van der Waals surface area contributed by atoms with Crippen LogP contribution in [0.2, 0.25) is 0 Å². The van der Waals surface area contributed by atoms with E-state index in [1.54, 1.807) is 6.20 Å². The zero-order valence-corrected chi connectivity index (χ0v) is 11.3. The minimum atomic E-state index is 0.276. The molecule has 0 amide bonds. The number of hydrogen-bond donors (Lipinski definition) is 2. The molecule has 0 saturated heterocycles. The summed E-state index contributed by atoms with van der Waals surface area (Å²) in [5.41, 5.74) is 8.69. The number of aromatic nitrogens is 1. The lowest BCUT2D eigenvalue weighted by molar-refractivity contribution is 0.283. The molecule has 4 nitrogen and oxygen atoms in total. The number of fused-ring (bicyclic) bond motifs is 1. The van der Waals surface area contributed by atoms with Gasteiger partial charge in [0.1, 0.15) is 0 Å². The van der Waals surface area contributed by atoms with Crippen LogP contribution >= 0.6 is 0 Å². The van der Waals surface area contributed by atoms with Gasteiger partial charge >= 0.3 is 0 Å². The van der Waals surface area contributed by atoms with Crippen LogP contribution in [0, 0.1) is 0 Å². The van der Waals surface area contributed by atoms with Crippen LogP contribution < -0.4 is 10.6 Å². The molecule has 1 aromatic carbocycles. The second-order valence-corrected chi connectivity index (χ2v) is 4.78. The number of rotatable bonds is 6. The zero-order valence-electron chi connectivity index (χ0n) is 11.3. The Morgan fingerprint density at radius 2 is 2.05 bits per heavy atom. The average molecular weight is 259 g/mol. The molecule has 0 spiro atoms. The highest BCUT2D eigenvalue weighted by atomic mass is 16.2. The van der Waals surface area contributed by atoms with Gasteiger partial charge in [-0.05, 0) is 31.4 Å². The maximum atomic E-state index is 8.78. The average Bonchev–Trinajstić information content (AvgIpc) is 2.43. The van der Waals surface area contributed by atoms with Gasteiger partial charge in [0.25, 0.3) is 0 Å². The number of anilines is 2. The lowest BCUT2D eigenvalue weighted by Gasteiger charge is -2.21. The van der Waals surface area contributed by atoms with Crippen molar-refractivity contribution in [1.29, 1.82) is 0 Å². The molecule has 1 heterocycles. The van der Waals surface area contributed by atoms with Crippen molar-refractivity contribution >= 4 is 22.3 Å². The molecule has 0 aliphatic heterocycles. The topological polar surface area (TPSA) is 62.4 Å². The number of nitrogens with zero attached hydrogens (tertiary/aromatic N) is 2. The second-order valence-electron chi connectivity index (χ2n) is 4.78. The highest BCUT2D eigenvalue weighted by Gasteiger charge is 2.07. The first-order valence-electron chi connectivity index (χ1n) is 6.69. The monoisotopic (exact) mass is 259 g/mol. The molecule has 0 saturated carbocycles. The number of hydrogen-bond acceptors (Lipinski definition) is 4. The number of aliphatic hydroxyl groups is 1. The molecule has 3 N–H and O–H groups in total. The Morgan fingerprint density at radius 3 is 2.84 bits per heavy atom. The lowest BCUT2D eigenvalue weighted by atomic mass is 10.1. The Bertz CT molecular complexity index is 542. The first kappa shape index (κ1) is 13.6. The smallest absolute Gasteiger partial charge is 0.0951 e. The Balaban J connectivity index is 2.17. The molecule has 0 bridgehead atoms. The van der Waals surface area contributed by atoms with Gasteiger partial charge in [-0.2, -0.15) is 0 Å². The van der Waals surface area contributed by atoms with E-state index in [0.29, 0.717) is 5.69 Å². The van der Waals surface area contributed by atoms with E-state index in [4.69, 9.17) is 10.8 Å². The molecule has 1 aromatic heterocycles. The van der Waals surface area contributed by atoms with Gasteiger partial charge < -0.3 is 15.7 Å². The lowest BCUT2D eigenvalue weighted by Crippen LogP contribution is -2.19. The molecule has 0 unspecified atom stereocenters. The summed E-state index contributed by atoms with van der Waals surface area (Å²) in [7, 11) is 2.08. The Hall–Kier alpha value is -1.81. The van der Waals surface area contributed by atoms with Gasteiger partial charge in [-0.1, -0.05) is 12.1 Å². The van der Waals surface area contributed by atoms with E-state index in [-0.39, 0.29) is 6.61 Å². The quantitative estimate of drug-likeness (QED) is 0.618. The van der Waals surface area contributed by atoms with E-state index in [1.807, 2.05) is 18.2 Å². The minimum Gasteiger partial charge on any atom is -0.397 e. The Morgan fingerprint density at radius 1 is 1.21 bits per heavy atom. The number of unbranched alkanes of at least 4 members (excludes halogenated alkanes) is 2. The van der Waals surface area contributed by atoms with Crippen molar-refractivity contribution in [2.24, 2.45) is 0 Å². The molecule has 0 fully saturated rings. The van der Waals surface area contributed by atoms with Crippen LogP contribution in [0.25, 0.3) is 10.9 Å². The maximum Gasteiger partial charge on any atom is 0.0951 e. The number of aliphatic hydroxyl groups excluding tert-OH is 1. The number of pyridine rings is 1. The van der Waals surface area contributed by atoms with Crippen LogP contribution in [0.1, 0.15) is 19.3 Å². The summed E-state index contributed by atoms with van der Waals surface area (Å²) in [4.78, 5) is 6.57. The van der Waals surface area contributed by atoms with Crippen LogP contribution in [-0.4, -0.2) is 30.3 Å². The fourth-order valence-electron chi connectivity index (χ4n) is 2.28. The molecule has 102 valence electrons. The number of para-hydroxylation sites is 1. The fraction of sp³-hybridized carbons (Fsp3) is 0.400. The van der Waals surface area contributed by atoms with Crippen molar-refractivity contribution in [3.05, 3.63) is 30.5 Å². The third-order valence-corrected chi connectivity index (χ3v) is 3.34. The predicted octanol–water partition coefficient (Wildman–Crippen LogP) is 2.42. The summed E-state index contributed by atoms with van der Waals surface area (Å²) in [6.07, 6.45) is 4.80. The molecule has 4 heteroatoms. The molecule has 0 atom stereocenters. The minimum absolute atomic E-state index is 0.276. The first-order valence-corrected chi connectivity index (χ1v) is 6.69. The van der Waals surface area contributed by atoms with Crippen LogP contribution in [-0.2, 0) is 0 Å². The standard InChI is InChI=1S/C15H21N3O/c1-18(10-3-2-4-11-19)14-8-9-17-15-12(14)6-5-7-13(15)16/h5-9,19H,2-4,10-11,16H2,1H3. The molecular weight excluding hydrogens is 238 g/mol. The summed E-state index contributed by atoms with van der Waals surface area (Å²) in [6, 6.07) is 7.91. The summed E-state index contributed by atoms with van der Waals surface area (Å²) in [5.74, 6) is 0. The Labute approximate surface area is 113 Å². The van der Waals surface area contributed by atoms with E-state index in [0.717, 1.165) is 42.4 Å². The molecule has 0 aliphatic rings. The number of benzene rings is 1. The molecule has 2 aromatic rings. The van der Waals surface area contributed by atoms with Gasteiger partial charge in [0.15, 0.2) is 0 Å². The zero-order chi connectivity index (χ0) is 13.7. The van der Waals surface area contributed by atoms with Crippen molar-refractivity contribution in [2.45, 2.75) is 19.3 Å². The molecule has 0 radical (unpaired) electrons. The number of nitrogens with two attached hydrogens (primary N) is 1. The van der Waals surface area contributed by atoms with Gasteiger partial charge in [0, 0.05) is 37.5 Å². The normalized spacial score (nSPS) is 10.8. The van der Waals surface area contributed by atoms with Gasteiger partial charge in [0.2, 0.25) is 0 Å². The van der Waals surface area contributed by atoms with Crippen LogP contribution in [0.3, 0.4) is 0 Å². The van der Waals surface area contributed by atoms with Crippen LogP contribution in [0.5, 0.6) is 0 Å². The van der Waals surface area contributed by atoms with E-state index < -0.39 is 0 Å². The summed E-state index contributed by atoms with van der Waals surface area (Å²) in [5, 5.41) is 9.87. The summed E-state index contributed by atoms with van der Waals surface area (Å²) in [6.45, 7) is 1.24. The fourth-order valence-corrected chi connectivity index (χ4v) is 2.28. The molecule has 0 aliphatic carbocycles. The second kappa shape index (κ2) is 6.38. The SMILES string of the molecule is CN(CCCCCO)c1ccnc2c(N)cccc12. The first-order chi connectivity index (χ1) is 9.24. The van der Waals surface area contributed by atoms with Crippen LogP contribution in [0.15, 0.2) is 30.5 Å². The Kier molecular flexibility index (Phi) is 4.58. The molecular formula is C15H21N3O. The van der Waals surface area contributed by atoms with E-state index >= 15 is 0 Å². The number of nitrogen functional groups attached to an aromatic ring is 1. The van der Waals surface area contributed by atoms with Gasteiger partial charge in [-0.25, -0.2) is 0 Å². The maximum absolute atomic E-state index is 8.78. The van der Waals surface area contributed by atoms with Crippen molar-refractivity contribution in [3.63, 3.8) is 0 Å². The van der Waals surface area contributed by atoms with E-state index in [1.165, 1.54) is 0 Å². The van der Waals surface area contributed by atoms with Crippen molar-refractivity contribution in [2.75, 3.05) is 30.8 Å². The van der Waals surface area contributed by atoms with E-state index in [2.05, 4.69) is 23.0 Å². The largest absolute Gasteiger partial charge is 0.397 e. The van der Waals surface area contributed by atoms with Gasteiger partial charge in [-0.3, -0.25) is 4.98 Å². The third-order valence-electron chi connectivity index (χ3n) is 3.34. The highest BCUT2D eigenvalue weighted by Crippen LogP contribution is 2.27. The highest BCUT2D eigenvalue weighted by molar-refractivity contribution is 5.97. The van der Waals surface area contributed by atoms with Gasteiger partial charge in [0.05, 0.1) is 11.2 Å². The van der Waals surface area contributed by atoms with Gasteiger partial charge in [-0.15, -0.1) is 0 Å². The molecule has 2 rings (SSSR count). The van der Waals surface area contributed by atoms with Crippen molar-refractivity contribution < 1.29 is 5.11 Å². The predicted molar refractivity (Wildman–Crippen MR) is 80.4 cm³/mol. The molecule has 19 heavy (non-hydrogen) atoms. The van der Waals surface area contributed by atoms with E-state index in [9.17, 15) is 0 Å². The van der Waals surface area contributed by atoms with Crippen molar-refractivity contribution in [1.82, 2.24) is 4.98 Å².